The summed E-state index contributed by atoms with van der Waals surface area (Å²) < 4.78 is 0. The predicted octanol–water partition coefficient (Wildman–Crippen LogP) is 3.17. The zero-order valence-electron chi connectivity index (χ0n) is 15.7. The minimum atomic E-state index is 0.620. The third-order valence-corrected chi connectivity index (χ3v) is 5.05. The van der Waals surface area contributed by atoms with Crippen LogP contribution >= 0.6 is 11.6 Å². The summed E-state index contributed by atoms with van der Waals surface area (Å²) in [5.41, 5.74) is 1.04. The molecule has 4 rings (SSSR count). The summed E-state index contributed by atoms with van der Waals surface area (Å²) in [6, 6.07) is 11.6. The van der Waals surface area contributed by atoms with Crippen molar-refractivity contribution in [1.29, 1.82) is 0 Å². The fourth-order valence-electron chi connectivity index (χ4n) is 3.22. The molecule has 1 aromatic carbocycles. The molecule has 0 radical (unpaired) electrons. The average molecular weight is 396 g/mol. The number of halogens is 1. The summed E-state index contributed by atoms with van der Waals surface area (Å²) in [4.78, 5) is 22.3. The van der Waals surface area contributed by atoms with Gasteiger partial charge in [-0.05, 0) is 24.6 Å². The predicted molar refractivity (Wildman–Crippen MR) is 112 cm³/mol. The lowest BCUT2D eigenvalue weighted by molar-refractivity contribution is 0.633. The Hall–Kier alpha value is -2.93. The Kier molecular flexibility index (Phi) is 5.53. The highest BCUT2D eigenvalue weighted by molar-refractivity contribution is 6.31. The molecule has 3 heterocycles. The molecule has 1 saturated heterocycles. The Morgan fingerprint density at radius 2 is 1.68 bits per heavy atom. The number of aromatic nitrogens is 4. The number of nitrogens with zero attached hydrogens (tertiary/aromatic N) is 6. The van der Waals surface area contributed by atoms with Crippen LogP contribution in [-0.2, 0) is 6.54 Å². The van der Waals surface area contributed by atoms with Gasteiger partial charge in [-0.25, -0.2) is 19.9 Å². The van der Waals surface area contributed by atoms with Crippen molar-refractivity contribution >= 4 is 29.2 Å². The van der Waals surface area contributed by atoms with Gasteiger partial charge in [0.2, 0.25) is 5.95 Å². The molecule has 1 aliphatic rings. The van der Waals surface area contributed by atoms with Gasteiger partial charge in [-0.3, -0.25) is 0 Å². The van der Waals surface area contributed by atoms with Crippen LogP contribution in [0.15, 0.2) is 48.8 Å². The van der Waals surface area contributed by atoms with Crippen LogP contribution in [0.1, 0.15) is 11.4 Å². The first kappa shape index (κ1) is 18.4. The van der Waals surface area contributed by atoms with E-state index in [9.17, 15) is 0 Å². The molecule has 0 amide bonds. The van der Waals surface area contributed by atoms with Gasteiger partial charge in [-0.15, -0.1) is 0 Å². The average Bonchev–Trinajstić information content (AvgIpc) is 2.74. The summed E-state index contributed by atoms with van der Waals surface area (Å²) in [5, 5.41) is 4.11. The van der Waals surface area contributed by atoms with E-state index in [4.69, 9.17) is 11.6 Å². The van der Waals surface area contributed by atoms with Gasteiger partial charge < -0.3 is 15.1 Å². The van der Waals surface area contributed by atoms with Crippen molar-refractivity contribution in [2.45, 2.75) is 13.5 Å². The van der Waals surface area contributed by atoms with Gasteiger partial charge in [0, 0.05) is 56.2 Å². The highest BCUT2D eigenvalue weighted by Crippen LogP contribution is 2.21. The zero-order valence-corrected chi connectivity index (χ0v) is 16.5. The molecule has 1 aliphatic heterocycles. The molecule has 0 atom stereocenters. The molecule has 0 bridgehead atoms. The Morgan fingerprint density at radius 1 is 0.964 bits per heavy atom. The monoisotopic (exact) mass is 395 g/mol. The molecule has 3 aromatic rings. The quantitative estimate of drug-likeness (QED) is 0.711. The molecule has 28 heavy (non-hydrogen) atoms. The van der Waals surface area contributed by atoms with E-state index in [2.05, 4.69) is 35.1 Å². The maximum absolute atomic E-state index is 6.24. The number of hydrogen-bond acceptors (Lipinski definition) is 7. The first-order chi connectivity index (χ1) is 13.7. The molecular weight excluding hydrogens is 374 g/mol. The molecule has 1 N–H and O–H groups in total. The maximum Gasteiger partial charge on any atom is 0.225 e. The Balaban J connectivity index is 1.42. The van der Waals surface area contributed by atoms with Crippen molar-refractivity contribution in [3.63, 3.8) is 0 Å². The van der Waals surface area contributed by atoms with Gasteiger partial charge in [0.15, 0.2) is 0 Å². The van der Waals surface area contributed by atoms with Gasteiger partial charge in [0.25, 0.3) is 0 Å². The van der Waals surface area contributed by atoms with Crippen molar-refractivity contribution in [3.8, 4) is 0 Å². The summed E-state index contributed by atoms with van der Waals surface area (Å²) in [6.07, 6.45) is 3.55. The highest BCUT2D eigenvalue weighted by Gasteiger charge is 2.20. The van der Waals surface area contributed by atoms with Crippen molar-refractivity contribution in [1.82, 2.24) is 19.9 Å². The fourth-order valence-corrected chi connectivity index (χ4v) is 3.42. The van der Waals surface area contributed by atoms with E-state index >= 15 is 0 Å². The Bertz CT molecular complexity index is 927. The molecule has 0 spiro atoms. The van der Waals surface area contributed by atoms with Crippen molar-refractivity contribution in [3.05, 3.63) is 65.2 Å². The van der Waals surface area contributed by atoms with Crippen LogP contribution < -0.4 is 15.1 Å². The van der Waals surface area contributed by atoms with E-state index in [0.717, 1.165) is 60.2 Å². The SMILES string of the molecule is Cc1nc(NCc2ccccc2Cl)cc(N2CCN(c3ncccn3)CC2)n1. The second-order valence-corrected chi connectivity index (χ2v) is 7.03. The molecule has 8 heteroatoms. The molecule has 2 aromatic heterocycles. The number of piperazine rings is 1. The Morgan fingerprint density at radius 3 is 2.43 bits per heavy atom. The smallest absolute Gasteiger partial charge is 0.225 e. The number of benzene rings is 1. The standard InChI is InChI=1S/C20H22ClN7/c1-15-25-18(24-14-16-5-2-3-6-17(16)21)13-19(26-15)27-9-11-28(12-10-27)20-22-7-4-8-23-20/h2-8,13H,9-12,14H2,1H3,(H,24,25,26). The van der Waals surface area contributed by atoms with Crippen LogP contribution in [0.25, 0.3) is 0 Å². The van der Waals surface area contributed by atoms with Crippen molar-refractivity contribution in [2.75, 3.05) is 41.3 Å². The summed E-state index contributed by atoms with van der Waals surface area (Å²) in [5.74, 6) is 3.26. The second kappa shape index (κ2) is 8.39. The van der Waals surface area contributed by atoms with E-state index in [1.54, 1.807) is 12.4 Å². The normalized spacial score (nSPS) is 14.2. The van der Waals surface area contributed by atoms with Crippen molar-refractivity contribution < 1.29 is 0 Å². The largest absolute Gasteiger partial charge is 0.366 e. The molecule has 0 aliphatic carbocycles. The second-order valence-electron chi connectivity index (χ2n) is 6.63. The van der Waals surface area contributed by atoms with Crippen LogP contribution in [0, 0.1) is 6.92 Å². The molecule has 144 valence electrons. The van der Waals surface area contributed by atoms with Crippen LogP contribution in [-0.4, -0.2) is 46.1 Å². The number of hydrogen-bond donors (Lipinski definition) is 1. The van der Waals surface area contributed by atoms with Crippen LogP contribution in [0.5, 0.6) is 0 Å². The van der Waals surface area contributed by atoms with Gasteiger partial charge in [0.1, 0.15) is 17.5 Å². The summed E-state index contributed by atoms with van der Waals surface area (Å²) in [6.45, 7) is 5.97. The lowest BCUT2D eigenvalue weighted by Gasteiger charge is -2.35. The number of nitrogens with one attached hydrogen (secondary N) is 1. The van der Waals surface area contributed by atoms with Crippen molar-refractivity contribution in [2.24, 2.45) is 0 Å². The van der Waals surface area contributed by atoms with Crippen LogP contribution in [0.4, 0.5) is 17.6 Å². The number of anilines is 3. The minimum absolute atomic E-state index is 0.620. The highest BCUT2D eigenvalue weighted by atomic mass is 35.5. The minimum Gasteiger partial charge on any atom is -0.366 e. The van der Waals surface area contributed by atoms with E-state index in [1.165, 1.54) is 0 Å². The van der Waals surface area contributed by atoms with E-state index < -0.39 is 0 Å². The van der Waals surface area contributed by atoms with E-state index in [-0.39, 0.29) is 0 Å². The van der Waals surface area contributed by atoms with E-state index in [1.807, 2.05) is 43.3 Å². The van der Waals surface area contributed by atoms with Gasteiger partial charge in [0.05, 0.1) is 0 Å². The maximum atomic E-state index is 6.24. The number of aryl methyl sites for hydroxylation is 1. The molecule has 0 saturated carbocycles. The summed E-state index contributed by atoms with van der Waals surface area (Å²) >= 11 is 6.24. The Labute approximate surface area is 169 Å². The van der Waals surface area contributed by atoms with Gasteiger partial charge >= 0.3 is 0 Å². The molecule has 1 fully saturated rings. The lowest BCUT2D eigenvalue weighted by atomic mass is 10.2. The topological polar surface area (TPSA) is 70.1 Å². The zero-order chi connectivity index (χ0) is 19.3. The third kappa shape index (κ3) is 4.31. The third-order valence-electron chi connectivity index (χ3n) is 4.68. The lowest BCUT2D eigenvalue weighted by Crippen LogP contribution is -2.47. The first-order valence-electron chi connectivity index (χ1n) is 9.29. The summed E-state index contributed by atoms with van der Waals surface area (Å²) in [7, 11) is 0. The van der Waals surface area contributed by atoms with Gasteiger partial charge in [-0.1, -0.05) is 29.8 Å². The fraction of sp³-hybridized carbons (Fsp3) is 0.300. The molecular formula is C20H22ClN7. The molecule has 0 unspecified atom stereocenters. The number of rotatable bonds is 5. The first-order valence-corrected chi connectivity index (χ1v) is 9.67. The van der Waals surface area contributed by atoms with Crippen LogP contribution in [0.2, 0.25) is 5.02 Å². The van der Waals surface area contributed by atoms with Crippen LogP contribution in [0.3, 0.4) is 0 Å². The van der Waals surface area contributed by atoms with Gasteiger partial charge in [-0.2, -0.15) is 0 Å². The van der Waals surface area contributed by atoms with E-state index in [0.29, 0.717) is 6.54 Å². The molecule has 7 nitrogen and oxygen atoms in total.